The first-order valence-electron chi connectivity index (χ1n) is 7.58. The molecule has 2 atom stereocenters. The molecule has 1 amide bonds. The second-order valence-electron chi connectivity index (χ2n) is 5.84. The molecule has 20 heavy (non-hydrogen) atoms. The lowest BCUT2D eigenvalue weighted by Gasteiger charge is -2.26. The van der Waals surface area contributed by atoms with Gasteiger partial charge in [-0.3, -0.25) is 0 Å². The fraction of sp³-hybridized carbons (Fsp3) is 0.688. The van der Waals surface area contributed by atoms with Crippen molar-refractivity contribution >= 4 is 6.09 Å². The molecule has 1 aliphatic carbocycles. The lowest BCUT2D eigenvalue weighted by atomic mass is 9.90. The van der Waals surface area contributed by atoms with Gasteiger partial charge in [0.15, 0.2) is 0 Å². The van der Waals surface area contributed by atoms with Crippen LogP contribution in [0.4, 0.5) is 4.79 Å². The number of nitrogens with zero attached hydrogens (tertiary/aromatic N) is 2. The van der Waals surface area contributed by atoms with Crippen molar-refractivity contribution < 1.29 is 9.53 Å². The first kappa shape index (κ1) is 15.1. The highest BCUT2D eigenvalue weighted by atomic mass is 16.6. The number of amides is 1. The van der Waals surface area contributed by atoms with Crippen molar-refractivity contribution in [1.29, 1.82) is 0 Å². The van der Waals surface area contributed by atoms with Crippen molar-refractivity contribution in [1.82, 2.24) is 9.80 Å². The van der Waals surface area contributed by atoms with Gasteiger partial charge in [0.1, 0.15) is 0 Å². The maximum atomic E-state index is 12.0. The molecule has 4 heteroatoms. The summed E-state index contributed by atoms with van der Waals surface area (Å²) in [4.78, 5) is 16.1. The van der Waals surface area contributed by atoms with Gasteiger partial charge in [0.25, 0.3) is 0 Å². The quantitative estimate of drug-likeness (QED) is 0.792. The molecule has 1 fully saturated rings. The normalized spacial score (nSPS) is 26.0. The summed E-state index contributed by atoms with van der Waals surface area (Å²) in [5.74, 6) is 0.399. The van der Waals surface area contributed by atoms with Crippen molar-refractivity contribution in [2.24, 2.45) is 5.92 Å². The molecule has 112 valence electrons. The van der Waals surface area contributed by atoms with E-state index in [1.165, 1.54) is 5.57 Å². The van der Waals surface area contributed by atoms with Gasteiger partial charge in [-0.25, -0.2) is 4.79 Å². The maximum Gasteiger partial charge on any atom is 0.409 e. The highest BCUT2D eigenvalue weighted by molar-refractivity contribution is 5.68. The Hall–Kier alpha value is -1.29. The molecule has 0 saturated carbocycles. The zero-order valence-corrected chi connectivity index (χ0v) is 12.8. The van der Waals surface area contributed by atoms with Gasteiger partial charge in [-0.15, -0.1) is 0 Å². The number of allylic oxidation sites excluding steroid dienone is 3. The van der Waals surface area contributed by atoms with Gasteiger partial charge < -0.3 is 14.5 Å². The Morgan fingerprint density at radius 1 is 1.40 bits per heavy atom. The van der Waals surface area contributed by atoms with Crippen LogP contribution in [0.3, 0.4) is 0 Å². The lowest BCUT2D eigenvalue weighted by molar-refractivity contribution is 0.108. The Kier molecular flexibility index (Phi) is 5.24. The first-order chi connectivity index (χ1) is 9.63. The van der Waals surface area contributed by atoms with E-state index in [4.69, 9.17) is 4.74 Å². The van der Waals surface area contributed by atoms with E-state index in [0.29, 0.717) is 18.6 Å². The molecule has 0 spiro atoms. The molecule has 0 N–H and O–H groups in total. The highest BCUT2D eigenvalue weighted by Gasteiger charge is 2.38. The van der Waals surface area contributed by atoms with Crippen LogP contribution < -0.4 is 0 Å². The van der Waals surface area contributed by atoms with Crippen LogP contribution in [0.15, 0.2) is 23.8 Å². The van der Waals surface area contributed by atoms with Crippen LogP contribution >= 0.6 is 0 Å². The van der Waals surface area contributed by atoms with Crippen LogP contribution in [-0.2, 0) is 4.74 Å². The number of hydrogen-bond acceptors (Lipinski definition) is 3. The molecule has 0 aromatic heterocycles. The lowest BCUT2D eigenvalue weighted by Crippen LogP contribution is -2.37. The second kappa shape index (κ2) is 6.93. The van der Waals surface area contributed by atoms with Crippen molar-refractivity contribution in [3.63, 3.8) is 0 Å². The summed E-state index contributed by atoms with van der Waals surface area (Å²) in [6.07, 6.45) is 9.73. The standard InChI is InChI=1S/C16H26N2O2/c1-4-10-20-16(19)18-11-14(15(12-18)17(2)3)13-8-6-5-7-9-13/h6,8-9,14-15H,4-5,7,10-12H2,1-3H3. The van der Waals surface area contributed by atoms with Gasteiger partial charge in [0.2, 0.25) is 0 Å². The molecule has 0 aromatic carbocycles. The van der Waals surface area contributed by atoms with E-state index in [1.54, 1.807) is 0 Å². The van der Waals surface area contributed by atoms with Crippen molar-refractivity contribution in [3.05, 3.63) is 23.8 Å². The monoisotopic (exact) mass is 278 g/mol. The van der Waals surface area contributed by atoms with E-state index in [0.717, 1.165) is 32.4 Å². The fourth-order valence-electron chi connectivity index (χ4n) is 2.98. The van der Waals surface area contributed by atoms with E-state index in [9.17, 15) is 4.79 Å². The number of rotatable bonds is 4. The summed E-state index contributed by atoms with van der Waals surface area (Å²) in [6, 6.07) is 0.373. The number of hydrogen-bond donors (Lipinski definition) is 0. The van der Waals surface area contributed by atoms with Crippen molar-refractivity contribution in [2.45, 2.75) is 32.2 Å². The van der Waals surface area contributed by atoms with Crippen molar-refractivity contribution in [2.75, 3.05) is 33.8 Å². The van der Waals surface area contributed by atoms with Gasteiger partial charge in [-0.1, -0.05) is 25.2 Å². The minimum absolute atomic E-state index is 0.165. The maximum absolute atomic E-state index is 12.0. The van der Waals surface area contributed by atoms with Gasteiger partial charge in [0, 0.05) is 25.0 Å². The smallest absolute Gasteiger partial charge is 0.409 e. The molecule has 0 aromatic rings. The van der Waals surface area contributed by atoms with Crippen LogP contribution in [0.5, 0.6) is 0 Å². The molecule has 0 radical (unpaired) electrons. The van der Waals surface area contributed by atoms with Crippen LogP contribution in [0.1, 0.15) is 26.2 Å². The van der Waals surface area contributed by atoms with Crippen LogP contribution in [0.25, 0.3) is 0 Å². The molecule has 1 saturated heterocycles. The number of carbonyl (C=O) groups excluding carboxylic acids is 1. The minimum atomic E-state index is -0.165. The third kappa shape index (κ3) is 3.42. The largest absolute Gasteiger partial charge is 0.449 e. The predicted octanol–water partition coefficient (Wildman–Crippen LogP) is 2.67. The van der Waals surface area contributed by atoms with Crippen LogP contribution in [0, 0.1) is 5.92 Å². The van der Waals surface area contributed by atoms with Gasteiger partial charge in [0.05, 0.1) is 6.61 Å². The molecular formula is C16H26N2O2. The van der Waals surface area contributed by atoms with Crippen LogP contribution in [0.2, 0.25) is 0 Å². The predicted molar refractivity (Wildman–Crippen MR) is 80.6 cm³/mol. The topological polar surface area (TPSA) is 32.8 Å². The summed E-state index contributed by atoms with van der Waals surface area (Å²) in [7, 11) is 4.18. The summed E-state index contributed by atoms with van der Waals surface area (Å²) in [5.41, 5.74) is 1.38. The molecule has 0 bridgehead atoms. The number of likely N-dealkylation sites (tertiary alicyclic amines) is 1. The first-order valence-corrected chi connectivity index (χ1v) is 7.58. The molecule has 2 rings (SSSR count). The number of carbonyl (C=O) groups is 1. The average Bonchev–Trinajstić information content (AvgIpc) is 2.91. The molecule has 2 unspecified atom stereocenters. The SMILES string of the molecule is CCCOC(=O)N1CC(C2=CCCC=C2)C(N(C)C)C1. The second-order valence-corrected chi connectivity index (χ2v) is 5.84. The third-order valence-corrected chi connectivity index (χ3v) is 4.09. The van der Waals surface area contributed by atoms with E-state index >= 15 is 0 Å². The number of ether oxygens (including phenoxy) is 1. The summed E-state index contributed by atoms with van der Waals surface area (Å²) in [5, 5.41) is 0. The van der Waals surface area contributed by atoms with E-state index in [1.807, 2.05) is 11.8 Å². The van der Waals surface area contributed by atoms with Gasteiger partial charge >= 0.3 is 6.09 Å². The molecule has 2 aliphatic rings. The van der Waals surface area contributed by atoms with Crippen molar-refractivity contribution in [3.8, 4) is 0 Å². The third-order valence-electron chi connectivity index (χ3n) is 4.09. The molecule has 1 aliphatic heterocycles. The summed E-state index contributed by atoms with van der Waals surface area (Å²) in [6.45, 7) is 4.04. The van der Waals surface area contributed by atoms with Gasteiger partial charge in [-0.05, 0) is 38.9 Å². The molecule has 4 nitrogen and oxygen atoms in total. The highest BCUT2D eigenvalue weighted by Crippen LogP contribution is 2.30. The Morgan fingerprint density at radius 2 is 2.20 bits per heavy atom. The Balaban J connectivity index is 2.05. The molecule has 1 heterocycles. The zero-order chi connectivity index (χ0) is 14.5. The summed E-state index contributed by atoms with van der Waals surface area (Å²) >= 11 is 0. The molecular weight excluding hydrogens is 252 g/mol. The van der Waals surface area contributed by atoms with E-state index in [2.05, 4.69) is 37.2 Å². The van der Waals surface area contributed by atoms with E-state index < -0.39 is 0 Å². The zero-order valence-electron chi connectivity index (χ0n) is 12.8. The fourth-order valence-corrected chi connectivity index (χ4v) is 2.98. The Labute approximate surface area is 122 Å². The minimum Gasteiger partial charge on any atom is -0.449 e. The van der Waals surface area contributed by atoms with Gasteiger partial charge in [-0.2, -0.15) is 0 Å². The number of likely N-dealkylation sites (N-methyl/N-ethyl adjacent to an activating group) is 1. The Bertz CT molecular complexity index is 401. The van der Waals surface area contributed by atoms with E-state index in [-0.39, 0.29) is 6.09 Å². The van der Waals surface area contributed by atoms with Crippen LogP contribution in [-0.4, -0.2) is 55.7 Å². The average molecular weight is 278 g/mol. The summed E-state index contributed by atoms with van der Waals surface area (Å²) < 4.78 is 5.27. The Morgan fingerprint density at radius 3 is 2.80 bits per heavy atom.